The Bertz CT molecular complexity index is 481. The Morgan fingerprint density at radius 3 is 3.00 bits per heavy atom. The first kappa shape index (κ1) is 13.0. The summed E-state index contributed by atoms with van der Waals surface area (Å²) in [6, 6.07) is 4.73. The lowest BCUT2D eigenvalue weighted by molar-refractivity contribution is 0.173. The molecule has 5 heteroatoms. The normalized spacial score (nSPS) is 23.8. The molecule has 0 bridgehead atoms. The number of nitrogens with two attached hydrogens (primary N) is 1. The summed E-state index contributed by atoms with van der Waals surface area (Å²) in [6.07, 6.45) is 2.46. The predicted molar refractivity (Wildman–Crippen MR) is 74.8 cm³/mol. The summed E-state index contributed by atoms with van der Waals surface area (Å²) in [5.41, 5.74) is 7.10. The van der Waals surface area contributed by atoms with Crippen molar-refractivity contribution in [3.8, 4) is 11.5 Å². The maximum Gasteiger partial charge on any atom is 0.231 e. The molecule has 3 rings (SSSR count). The summed E-state index contributed by atoms with van der Waals surface area (Å²) in [4.78, 5) is 2.45. The molecule has 2 atom stereocenters. The monoisotopic (exact) mass is 282 g/mol. The highest BCUT2D eigenvalue weighted by Gasteiger charge is 2.30. The third-order valence-electron chi connectivity index (χ3n) is 4.06. The van der Waals surface area contributed by atoms with Crippen LogP contribution in [0.1, 0.15) is 31.4 Å². The first-order chi connectivity index (χ1) is 9.20. The average molecular weight is 283 g/mol. The second kappa shape index (κ2) is 5.19. The van der Waals surface area contributed by atoms with E-state index in [1.807, 2.05) is 12.1 Å². The van der Waals surface area contributed by atoms with Crippen molar-refractivity contribution in [2.24, 2.45) is 5.73 Å². The summed E-state index contributed by atoms with van der Waals surface area (Å²) in [5.74, 6) is 1.38. The molecule has 2 unspecified atom stereocenters. The Kier molecular flexibility index (Phi) is 3.56. The van der Waals surface area contributed by atoms with E-state index in [9.17, 15) is 0 Å². The number of benzene rings is 1. The standard InChI is InChI=1S/C14H19ClN2O2/c1-9-3-2-4-17(9)12(7-16)10-5-11(15)14-13(6-10)18-8-19-14/h5-6,9,12H,2-4,7-8,16H2,1H3. The molecule has 2 N–H and O–H groups in total. The maximum atomic E-state index is 6.25. The molecule has 1 saturated heterocycles. The predicted octanol–water partition coefficient (Wildman–Crippen LogP) is 2.55. The molecule has 1 fully saturated rings. The number of hydrogen-bond donors (Lipinski definition) is 1. The Balaban J connectivity index is 1.93. The van der Waals surface area contributed by atoms with Crippen molar-refractivity contribution < 1.29 is 9.47 Å². The number of hydrogen-bond acceptors (Lipinski definition) is 4. The van der Waals surface area contributed by atoms with Gasteiger partial charge in [0.05, 0.1) is 5.02 Å². The molecule has 1 aromatic rings. The van der Waals surface area contributed by atoms with E-state index in [2.05, 4.69) is 11.8 Å². The topological polar surface area (TPSA) is 47.7 Å². The van der Waals surface area contributed by atoms with Gasteiger partial charge in [-0.3, -0.25) is 4.90 Å². The van der Waals surface area contributed by atoms with E-state index in [1.54, 1.807) is 0 Å². The van der Waals surface area contributed by atoms with Gasteiger partial charge in [-0.05, 0) is 44.0 Å². The van der Waals surface area contributed by atoms with Crippen LogP contribution >= 0.6 is 11.6 Å². The van der Waals surface area contributed by atoms with Crippen LogP contribution in [-0.2, 0) is 0 Å². The minimum absolute atomic E-state index is 0.199. The molecule has 4 nitrogen and oxygen atoms in total. The quantitative estimate of drug-likeness (QED) is 0.926. The Hall–Kier alpha value is -0.970. The first-order valence-corrected chi connectivity index (χ1v) is 7.13. The fraction of sp³-hybridized carbons (Fsp3) is 0.571. The van der Waals surface area contributed by atoms with Gasteiger partial charge >= 0.3 is 0 Å². The third kappa shape index (κ3) is 2.29. The molecular weight excluding hydrogens is 264 g/mol. The fourth-order valence-electron chi connectivity index (χ4n) is 3.06. The largest absolute Gasteiger partial charge is 0.454 e. The van der Waals surface area contributed by atoms with Gasteiger partial charge in [0.25, 0.3) is 0 Å². The van der Waals surface area contributed by atoms with Crippen molar-refractivity contribution in [2.45, 2.75) is 31.8 Å². The fourth-order valence-corrected chi connectivity index (χ4v) is 3.33. The average Bonchev–Trinajstić information content (AvgIpc) is 3.00. The molecule has 2 aliphatic heterocycles. The summed E-state index contributed by atoms with van der Waals surface area (Å²) in [7, 11) is 0. The van der Waals surface area contributed by atoms with Crippen LogP contribution in [0, 0.1) is 0 Å². The second-order valence-electron chi connectivity index (χ2n) is 5.22. The van der Waals surface area contributed by atoms with Crippen LogP contribution in [0.15, 0.2) is 12.1 Å². The number of likely N-dealkylation sites (tertiary alicyclic amines) is 1. The molecule has 2 aliphatic rings. The van der Waals surface area contributed by atoms with Gasteiger partial charge in [-0.25, -0.2) is 0 Å². The molecule has 0 saturated carbocycles. The van der Waals surface area contributed by atoms with Crippen LogP contribution in [0.4, 0.5) is 0 Å². The molecule has 1 aromatic carbocycles. The highest BCUT2D eigenvalue weighted by molar-refractivity contribution is 6.32. The lowest BCUT2D eigenvalue weighted by atomic mass is 10.0. The maximum absolute atomic E-state index is 6.25. The van der Waals surface area contributed by atoms with Crippen molar-refractivity contribution in [1.29, 1.82) is 0 Å². The van der Waals surface area contributed by atoms with E-state index in [-0.39, 0.29) is 12.8 Å². The van der Waals surface area contributed by atoms with Gasteiger partial charge in [0.1, 0.15) is 0 Å². The molecule has 2 heterocycles. The summed E-state index contributed by atoms with van der Waals surface area (Å²) >= 11 is 6.25. The molecule has 0 amide bonds. The number of ether oxygens (including phenoxy) is 2. The minimum Gasteiger partial charge on any atom is -0.454 e. The highest BCUT2D eigenvalue weighted by atomic mass is 35.5. The Labute approximate surface area is 118 Å². The Morgan fingerprint density at radius 2 is 2.32 bits per heavy atom. The molecule has 0 radical (unpaired) electrons. The van der Waals surface area contributed by atoms with Gasteiger partial charge in [-0.2, -0.15) is 0 Å². The van der Waals surface area contributed by atoms with Gasteiger partial charge in [-0.1, -0.05) is 11.6 Å². The number of nitrogens with zero attached hydrogens (tertiary/aromatic N) is 1. The van der Waals surface area contributed by atoms with Crippen molar-refractivity contribution in [2.75, 3.05) is 19.9 Å². The molecular formula is C14H19ClN2O2. The van der Waals surface area contributed by atoms with E-state index in [4.69, 9.17) is 26.8 Å². The van der Waals surface area contributed by atoms with E-state index >= 15 is 0 Å². The van der Waals surface area contributed by atoms with Gasteiger partial charge in [0.15, 0.2) is 11.5 Å². The first-order valence-electron chi connectivity index (χ1n) is 6.75. The molecule has 0 spiro atoms. The zero-order valence-electron chi connectivity index (χ0n) is 11.1. The summed E-state index contributed by atoms with van der Waals surface area (Å²) in [5, 5.41) is 0.607. The highest BCUT2D eigenvalue weighted by Crippen LogP contribution is 2.42. The Morgan fingerprint density at radius 1 is 1.47 bits per heavy atom. The van der Waals surface area contributed by atoms with Crippen LogP contribution in [0.5, 0.6) is 11.5 Å². The van der Waals surface area contributed by atoms with Gasteiger partial charge < -0.3 is 15.2 Å². The zero-order valence-corrected chi connectivity index (χ0v) is 11.8. The molecule has 19 heavy (non-hydrogen) atoms. The van der Waals surface area contributed by atoms with E-state index in [1.165, 1.54) is 12.8 Å². The van der Waals surface area contributed by atoms with E-state index in [0.717, 1.165) is 17.9 Å². The number of halogens is 1. The number of rotatable bonds is 3. The molecule has 104 valence electrons. The number of fused-ring (bicyclic) bond motifs is 1. The van der Waals surface area contributed by atoms with Gasteiger partial charge in [-0.15, -0.1) is 0 Å². The zero-order chi connectivity index (χ0) is 13.4. The lowest BCUT2D eigenvalue weighted by Gasteiger charge is -2.31. The van der Waals surface area contributed by atoms with Crippen LogP contribution < -0.4 is 15.2 Å². The van der Waals surface area contributed by atoms with Crippen LogP contribution in [0.3, 0.4) is 0 Å². The van der Waals surface area contributed by atoms with Gasteiger partial charge in [0, 0.05) is 18.6 Å². The second-order valence-corrected chi connectivity index (χ2v) is 5.62. The van der Waals surface area contributed by atoms with Crippen molar-refractivity contribution in [3.63, 3.8) is 0 Å². The van der Waals surface area contributed by atoms with Crippen molar-refractivity contribution in [1.82, 2.24) is 4.90 Å². The van der Waals surface area contributed by atoms with E-state index < -0.39 is 0 Å². The summed E-state index contributed by atoms with van der Waals surface area (Å²) in [6.45, 7) is 4.17. The smallest absolute Gasteiger partial charge is 0.231 e. The van der Waals surface area contributed by atoms with Gasteiger partial charge in [0.2, 0.25) is 6.79 Å². The van der Waals surface area contributed by atoms with Crippen LogP contribution in [-0.4, -0.2) is 30.8 Å². The molecule has 0 aliphatic carbocycles. The molecule has 0 aromatic heterocycles. The SMILES string of the molecule is CC1CCCN1C(CN)c1cc(Cl)c2c(c1)OCO2. The van der Waals surface area contributed by atoms with Crippen molar-refractivity contribution in [3.05, 3.63) is 22.7 Å². The lowest BCUT2D eigenvalue weighted by Crippen LogP contribution is -2.36. The van der Waals surface area contributed by atoms with Crippen molar-refractivity contribution >= 4 is 11.6 Å². The van der Waals surface area contributed by atoms with Crippen LogP contribution in [0.2, 0.25) is 5.02 Å². The van der Waals surface area contributed by atoms with Crippen LogP contribution in [0.25, 0.3) is 0 Å². The third-order valence-corrected chi connectivity index (χ3v) is 4.34. The minimum atomic E-state index is 0.199. The summed E-state index contributed by atoms with van der Waals surface area (Å²) < 4.78 is 10.8. The van der Waals surface area contributed by atoms with E-state index in [0.29, 0.717) is 23.4 Å².